The van der Waals surface area contributed by atoms with E-state index in [2.05, 4.69) is 67.8 Å². The first-order valence-corrected chi connectivity index (χ1v) is 28.6. The monoisotopic (exact) mass is 988 g/mol. The van der Waals surface area contributed by atoms with Gasteiger partial charge in [0.25, 0.3) is 0 Å². The highest BCUT2D eigenvalue weighted by Crippen LogP contribution is 2.23. The predicted octanol–water partition coefficient (Wildman–Crippen LogP) is 12.7. The molecule has 1 fully saturated rings. The van der Waals surface area contributed by atoms with Crippen molar-refractivity contribution in [1.82, 2.24) is 5.32 Å². The molecule has 0 saturated carbocycles. The van der Waals surface area contributed by atoms with Crippen LogP contribution in [-0.2, 0) is 23.8 Å². The van der Waals surface area contributed by atoms with Crippen LogP contribution in [0.15, 0.2) is 60.8 Å². The predicted molar refractivity (Wildman–Crippen MR) is 287 cm³/mol. The SMILES string of the molecule is CCC/C=C\C/C=C\CCCCCCCC(=O)OCCCCC/C=C\C/C=C\CCCCCCCCCC(=O)NC(COC1OC(CO)C(O)C(O)C1O)C(O)/C=C/CCCCCCCCCCCC. The molecule has 0 aromatic carbocycles. The Balaban J connectivity index is 2.15. The van der Waals surface area contributed by atoms with Gasteiger partial charge < -0.3 is 45.1 Å². The zero-order valence-electron chi connectivity index (χ0n) is 44.5. The number of ether oxygens (including phenoxy) is 3. The van der Waals surface area contributed by atoms with Crippen LogP contribution in [0.25, 0.3) is 0 Å². The summed E-state index contributed by atoms with van der Waals surface area (Å²) >= 11 is 0. The average Bonchev–Trinajstić information content (AvgIpc) is 3.36. The van der Waals surface area contributed by atoms with Crippen LogP contribution in [0, 0.1) is 0 Å². The second-order valence-electron chi connectivity index (χ2n) is 19.6. The third kappa shape index (κ3) is 38.0. The van der Waals surface area contributed by atoms with Crippen molar-refractivity contribution in [3.63, 3.8) is 0 Å². The molecular formula is C59H105NO10. The molecule has 6 N–H and O–H groups in total. The molecule has 70 heavy (non-hydrogen) atoms. The third-order valence-electron chi connectivity index (χ3n) is 13.1. The summed E-state index contributed by atoms with van der Waals surface area (Å²) < 4.78 is 16.7. The van der Waals surface area contributed by atoms with E-state index in [0.29, 0.717) is 19.4 Å². The van der Waals surface area contributed by atoms with Crippen molar-refractivity contribution in [3.05, 3.63) is 60.8 Å². The molecule has 0 spiro atoms. The Labute approximate surface area is 427 Å². The topological polar surface area (TPSA) is 175 Å². The molecule has 1 amide bonds. The van der Waals surface area contributed by atoms with Gasteiger partial charge in [0, 0.05) is 12.8 Å². The molecule has 0 aliphatic carbocycles. The van der Waals surface area contributed by atoms with Crippen molar-refractivity contribution in [2.24, 2.45) is 0 Å². The fourth-order valence-corrected chi connectivity index (χ4v) is 8.50. The van der Waals surface area contributed by atoms with Crippen molar-refractivity contribution < 1.29 is 49.3 Å². The molecule has 0 radical (unpaired) electrons. The van der Waals surface area contributed by atoms with E-state index in [1.54, 1.807) is 6.08 Å². The highest BCUT2D eigenvalue weighted by atomic mass is 16.7. The Morgan fingerprint density at radius 1 is 0.529 bits per heavy atom. The van der Waals surface area contributed by atoms with Gasteiger partial charge in [0.1, 0.15) is 24.4 Å². The Kier molecular flexibility index (Phi) is 45.4. The van der Waals surface area contributed by atoms with Gasteiger partial charge in [0.05, 0.1) is 32.0 Å². The number of carbonyl (C=O) groups is 2. The summed E-state index contributed by atoms with van der Waals surface area (Å²) in [6.07, 6.45) is 51.6. The molecule has 1 aliphatic rings. The summed E-state index contributed by atoms with van der Waals surface area (Å²) in [5.74, 6) is -0.249. The molecule has 1 saturated heterocycles. The zero-order valence-corrected chi connectivity index (χ0v) is 44.5. The Morgan fingerprint density at radius 3 is 1.50 bits per heavy atom. The van der Waals surface area contributed by atoms with Crippen LogP contribution in [0.4, 0.5) is 0 Å². The lowest BCUT2D eigenvalue weighted by Crippen LogP contribution is -2.60. The highest BCUT2D eigenvalue weighted by molar-refractivity contribution is 5.76. The van der Waals surface area contributed by atoms with Crippen molar-refractivity contribution in [2.75, 3.05) is 19.8 Å². The minimum absolute atomic E-state index is 0.0486. The zero-order chi connectivity index (χ0) is 51.0. The van der Waals surface area contributed by atoms with Crippen LogP contribution in [0.1, 0.15) is 239 Å². The molecule has 7 atom stereocenters. The molecule has 1 heterocycles. The van der Waals surface area contributed by atoms with E-state index in [-0.39, 0.29) is 18.5 Å². The smallest absolute Gasteiger partial charge is 0.305 e. The number of esters is 1. The number of hydrogen-bond donors (Lipinski definition) is 6. The van der Waals surface area contributed by atoms with Gasteiger partial charge >= 0.3 is 5.97 Å². The van der Waals surface area contributed by atoms with Crippen molar-refractivity contribution >= 4 is 11.9 Å². The minimum atomic E-state index is -1.58. The average molecular weight is 988 g/mol. The summed E-state index contributed by atoms with van der Waals surface area (Å²) in [5, 5.41) is 54.3. The van der Waals surface area contributed by atoms with Crippen LogP contribution in [-0.4, -0.2) is 100 Å². The lowest BCUT2D eigenvalue weighted by Gasteiger charge is -2.40. The van der Waals surface area contributed by atoms with Crippen molar-refractivity contribution in [1.29, 1.82) is 0 Å². The molecular weight excluding hydrogens is 883 g/mol. The molecule has 0 aromatic heterocycles. The molecule has 406 valence electrons. The molecule has 11 nitrogen and oxygen atoms in total. The maximum Gasteiger partial charge on any atom is 0.305 e. The van der Waals surface area contributed by atoms with Gasteiger partial charge in [0.2, 0.25) is 5.91 Å². The number of nitrogens with one attached hydrogen (secondary N) is 1. The summed E-state index contributed by atoms with van der Waals surface area (Å²) in [6.45, 7) is 4.20. The molecule has 7 unspecified atom stereocenters. The summed E-state index contributed by atoms with van der Waals surface area (Å²) in [6, 6.07) is -0.823. The Bertz CT molecular complexity index is 1350. The van der Waals surface area contributed by atoms with E-state index in [4.69, 9.17) is 14.2 Å². The van der Waals surface area contributed by atoms with E-state index in [0.717, 1.165) is 109 Å². The van der Waals surface area contributed by atoms with Crippen LogP contribution in [0.2, 0.25) is 0 Å². The van der Waals surface area contributed by atoms with Gasteiger partial charge in [-0.1, -0.05) is 190 Å². The number of carbonyl (C=O) groups excluding carboxylic acids is 2. The van der Waals surface area contributed by atoms with Gasteiger partial charge in [-0.3, -0.25) is 9.59 Å². The number of aliphatic hydroxyl groups excluding tert-OH is 5. The summed E-state index contributed by atoms with van der Waals surface area (Å²) in [5.41, 5.74) is 0. The number of aliphatic hydroxyl groups is 5. The van der Waals surface area contributed by atoms with E-state index >= 15 is 0 Å². The van der Waals surface area contributed by atoms with Crippen LogP contribution >= 0.6 is 0 Å². The maximum absolute atomic E-state index is 13.0. The maximum atomic E-state index is 13.0. The first-order valence-electron chi connectivity index (χ1n) is 28.6. The number of rotatable bonds is 48. The van der Waals surface area contributed by atoms with E-state index in [1.807, 2.05) is 6.08 Å². The summed E-state index contributed by atoms with van der Waals surface area (Å²) in [4.78, 5) is 25.0. The number of hydrogen-bond acceptors (Lipinski definition) is 10. The fraction of sp³-hybridized carbons (Fsp3) is 0.797. The standard InChI is InChI=1S/C59H105NO10/c1-3-5-7-9-11-13-15-22-27-31-35-39-43-47-55(64)68-48-44-40-36-32-28-24-21-19-17-18-20-23-26-30-34-38-42-46-54(63)60-51(50-69-59-58(67)57(66)56(65)53(49-61)70-59)52(62)45-41-37-33-29-25-16-14-12-10-8-6-4-2/h7,9,13,15,17,19,24,28,41,45,51-53,56-59,61-62,65-67H,3-6,8,10-12,14,16,18,20-23,25-27,29-40,42-44,46-50H2,1-2H3,(H,60,63)/b9-7-,15-13-,19-17-,28-24-,45-41+. The number of amides is 1. The Morgan fingerprint density at radius 2 is 0.986 bits per heavy atom. The van der Waals surface area contributed by atoms with Crippen LogP contribution < -0.4 is 5.32 Å². The third-order valence-corrected chi connectivity index (χ3v) is 13.1. The van der Waals surface area contributed by atoms with Gasteiger partial charge in [-0.2, -0.15) is 0 Å². The van der Waals surface area contributed by atoms with E-state index in [9.17, 15) is 35.1 Å². The second-order valence-corrected chi connectivity index (χ2v) is 19.6. The van der Waals surface area contributed by atoms with E-state index < -0.39 is 49.5 Å². The first-order chi connectivity index (χ1) is 34.2. The molecule has 11 heteroatoms. The molecule has 0 bridgehead atoms. The molecule has 1 rings (SSSR count). The van der Waals surface area contributed by atoms with Gasteiger partial charge in [-0.05, 0) is 96.3 Å². The largest absolute Gasteiger partial charge is 0.466 e. The Hall–Kier alpha value is -2.64. The van der Waals surface area contributed by atoms with Gasteiger partial charge in [-0.15, -0.1) is 0 Å². The molecule has 1 aliphatic heterocycles. The lowest BCUT2D eigenvalue weighted by molar-refractivity contribution is -0.302. The van der Waals surface area contributed by atoms with E-state index in [1.165, 1.54) is 103 Å². The quantitative estimate of drug-likeness (QED) is 0.0196. The first kappa shape index (κ1) is 65.4. The number of allylic oxidation sites excluding steroid dienone is 9. The lowest BCUT2D eigenvalue weighted by atomic mass is 9.99. The minimum Gasteiger partial charge on any atom is -0.466 e. The number of unbranched alkanes of at least 4 members (excludes halogenated alkanes) is 26. The normalized spacial score (nSPS) is 19.7. The second kappa shape index (κ2) is 48.6. The fourth-order valence-electron chi connectivity index (χ4n) is 8.50. The van der Waals surface area contributed by atoms with Crippen molar-refractivity contribution in [3.8, 4) is 0 Å². The van der Waals surface area contributed by atoms with Crippen molar-refractivity contribution in [2.45, 2.75) is 281 Å². The van der Waals surface area contributed by atoms with Gasteiger partial charge in [0.15, 0.2) is 6.29 Å². The summed E-state index contributed by atoms with van der Waals surface area (Å²) in [7, 11) is 0. The van der Waals surface area contributed by atoms with Gasteiger partial charge in [-0.25, -0.2) is 0 Å². The van der Waals surface area contributed by atoms with Crippen LogP contribution in [0.3, 0.4) is 0 Å². The molecule has 0 aromatic rings. The van der Waals surface area contributed by atoms with Crippen LogP contribution in [0.5, 0.6) is 0 Å². The highest BCUT2D eigenvalue weighted by Gasteiger charge is 2.44.